The van der Waals surface area contributed by atoms with Gasteiger partial charge in [0.15, 0.2) is 0 Å². The predicted molar refractivity (Wildman–Crippen MR) is 173 cm³/mol. The zero-order chi connectivity index (χ0) is 27.9. The molecule has 0 saturated carbocycles. The van der Waals surface area contributed by atoms with Gasteiger partial charge in [0, 0.05) is 47.3 Å². The van der Waals surface area contributed by atoms with E-state index in [2.05, 4.69) is 65.0 Å². The number of hydrogen-bond acceptors (Lipinski definition) is 2. The lowest BCUT2D eigenvalue weighted by Gasteiger charge is -2.10. The Bertz CT molecular complexity index is 1410. The Kier molecular flexibility index (Phi) is 10.0. The molecule has 0 bridgehead atoms. The minimum absolute atomic E-state index is 0.743. The third-order valence-electron chi connectivity index (χ3n) is 9.27. The molecule has 3 N–H and O–H groups in total. The molecule has 2 heterocycles. The van der Waals surface area contributed by atoms with Crippen LogP contribution in [0.15, 0.2) is 36.7 Å². The summed E-state index contributed by atoms with van der Waals surface area (Å²) in [6.07, 6.45) is 21.3. The summed E-state index contributed by atoms with van der Waals surface area (Å²) < 4.78 is 4.86. The Balaban J connectivity index is 0.000000162. The summed E-state index contributed by atoms with van der Waals surface area (Å²) in [6.45, 7) is 8.47. The van der Waals surface area contributed by atoms with E-state index in [9.17, 15) is 0 Å². The lowest BCUT2D eigenvalue weighted by atomic mass is 9.96. The molecule has 0 spiro atoms. The number of hydrogen-bond donors (Lipinski definition) is 2. The molecule has 0 aliphatic heterocycles. The molecular weight excluding hydrogens is 488 g/mol. The standard InChI is InChI=1S/C19H28N2.C17H24N2/c1-3-13-21-14-16(11-12-20-2)19-17-8-6-4-5-7-15(17)9-10-18(19)21;1-2-19-12-14(10-11-18)17-15-7-5-3-4-6-13(15)8-9-16(17)19/h9-10,14,20H,3-8,11-13H2,1-2H3;8-9,12H,2-7,10-11,18H2,1H3. The average Bonchev–Trinajstić information content (AvgIpc) is 3.26. The van der Waals surface area contributed by atoms with E-state index >= 15 is 0 Å². The van der Waals surface area contributed by atoms with Crippen LogP contribution in [0.4, 0.5) is 0 Å². The SMILES string of the molecule is CCCn1cc(CCNC)c2c3c(ccc21)CCCCC3.CCn1cc(CCN)c2c3c(ccc21)CCCCC3. The number of nitrogens with one attached hydrogen (secondary N) is 1. The molecule has 0 radical (unpaired) electrons. The van der Waals surface area contributed by atoms with Gasteiger partial charge in [-0.25, -0.2) is 0 Å². The maximum atomic E-state index is 5.80. The quantitative estimate of drug-likeness (QED) is 0.227. The average molecular weight is 541 g/mol. The van der Waals surface area contributed by atoms with Crippen LogP contribution in [0.25, 0.3) is 21.8 Å². The van der Waals surface area contributed by atoms with Crippen molar-refractivity contribution >= 4 is 21.8 Å². The Labute approximate surface area is 242 Å². The Morgan fingerprint density at radius 1 is 0.700 bits per heavy atom. The monoisotopic (exact) mass is 540 g/mol. The van der Waals surface area contributed by atoms with Gasteiger partial charge in [-0.1, -0.05) is 31.9 Å². The lowest BCUT2D eigenvalue weighted by Crippen LogP contribution is -2.10. The van der Waals surface area contributed by atoms with Gasteiger partial charge >= 0.3 is 0 Å². The highest BCUT2D eigenvalue weighted by Crippen LogP contribution is 2.34. The number of aryl methyl sites for hydroxylation is 6. The Morgan fingerprint density at radius 3 is 1.80 bits per heavy atom. The van der Waals surface area contributed by atoms with Gasteiger partial charge in [0.1, 0.15) is 0 Å². The smallest absolute Gasteiger partial charge is 0.0486 e. The van der Waals surface area contributed by atoms with Crippen molar-refractivity contribution in [1.82, 2.24) is 14.5 Å². The molecule has 6 rings (SSSR count). The van der Waals surface area contributed by atoms with Gasteiger partial charge in [-0.3, -0.25) is 0 Å². The molecule has 4 nitrogen and oxygen atoms in total. The summed E-state index contributed by atoms with van der Waals surface area (Å²) in [5.74, 6) is 0. The van der Waals surface area contributed by atoms with Crippen molar-refractivity contribution in [2.24, 2.45) is 5.73 Å². The normalized spacial score (nSPS) is 15.3. The van der Waals surface area contributed by atoms with Crippen LogP contribution in [0.3, 0.4) is 0 Å². The van der Waals surface area contributed by atoms with Crippen LogP contribution in [-0.4, -0.2) is 29.3 Å². The molecule has 2 aliphatic carbocycles. The summed E-state index contributed by atoms with van der Waals surface area (Å²) >= 11 is 0. The zero-order valence-corrected chi connectivity index (χ0v) is 25.5. The van der Waals surface area contributed by atoms with Crippen LogP contribution in [0, 0.1) is 0 Å². The van der Waals surface area contributed by atoms with Gasteiger partial charge < -0.3 is 20.2 Å². The third kappa shape index (κ3) is 6.04. The molecular formula is C36H52N4. The van der Waals surface area contributed by atoms with Crippen molar-refractivity contribution in [3.8, 4) is 0 Å². The first kappa shape index (κ1) is 29.0. The van der Waals surface area contributed by atoms with E-state index in [1.807, 2.05) is 7.05 Å². The van der Waals surface area contributed by atoms with Gasteiger partial charge in [0.2, 0.25) is 0 Å². The highest BCUT2D eigenvalue weighted by atomic mass is 15.0. The molecule has 2 aromatic heterocycles. The van der Waals surface area contributed by atoms with Gasteiger partial charge in [-0.2, -0.15) is 0 Å². The van der Waals surface area contributed by atoms with Crippen LogP contribution < -0.4 is 11.1 Å². The molecule has 0 unspecified atom stereocenters. The van der Waals surface area contributed by atoms with E-state index in [1.165, 1.54) is 92.6 Å². The minimum atomic E-state index is 0.743. The summed E-state index contributed by atoms with van der Waals surface area (Å²) in [5, 5.41) is 6.41. The van der Waals surface area contributed by atoms with E-state index in [1.54, 1.807) is 33.2 Å². The van der Waals surface area contributed by atoms with Crippen LogP contribution in [0.1, 0.15) is 92.2 Å². The van der Waals surface area contributed by atoms with E-state index in [-0.39, 0.29) is 0 Å². The van der Waals surface area contributed by atoms with Crippen LogP contribution in [0.5, 0.6) is 0 Å². The van der Waals surface area contributed by atoms with Crippen molar-refractivity contribution in [3.05, 3.63) is 70.0 Å². The van der Waals surface area contributed by atoms with Crippen LogP contribution in [0.2, 0.25) is 0 Å². The molecule has 2 aliphatic rings. The maximum Gasteiger partial charge on any atom is 0.0486 e. The second kappa shape index (κ2) is 13.9. The number of nitrogens with zero attached hydrogens (tertiary/aromatic N) is 2. The largest absolute Gasteiger partial charge is 0.347 e. The predicted octanol–water partition coefficient (Wildman–Crippen LogP) is 7.51. The van der Waals surface area contributed by atoms with Crippen LogP contribution in [-0.2, 0) is 51.6 Å². The number of nitrogens with two attached hydrogens (primary N) is 1. The molecule has 216 valence electrons. The minimum Gasteiger partial charge on any atom is -0.347 e. The molecule has 0 amide bonds. The van der Waals surface area contributed by atoms with E-state index < -0.39 is 0 Å². The van der Waals surface area contributed by atoms with Crippen molar-refractivity contribution in [1.29, 1.82) is 0 Å². The summed E-state index contributed by atoms with van der Waals surface area (Å²) in [6, 6.07) is 9.46. The Hall–Kier alpha value is -2.56. The van der Waals surface area contributed by atoms with Crippen molar-refractivity contribution in [3.63, 3.8) is 0 Å². The van der Waals surface area contributed by atoms with Gasteiger partial charge in [-0.05, 0) is 143 Å². The molecule has 0 atom stereocenters. The van der Waals surface area contributed by atoms with E-state index in [4.69, 9.17) is 5.73 Å². The first-order chi connectivity index (χ1) is 19.7. The number of benzene rings is 2. The second-order valence-corrected chi connectivity index (χ2v) is 12.0. The molecule has 4 aromatic rings. The number of aromatic nitrogens is 2. The van der Waals surface area contributed by atoms with Gasteiger partial charge in [0.05, 0.1) is 0 Å². The first-order valence-electron chi connectivity index (χ1n) is 16.3. The van der Waals surface area contributed by atoms with Crippen molar-refractivity contribution in [2.45, 2.75) is 110 Å². The molecule has 4 heteroatoms. The summed E-state index contributed by atoms with van der Waals surface area (Å²) in [4.78, 5) is 0. The van der Waals surface area contributed by atoms with E-state index in [0.717, 1.165) is 39.0 Å². The van der Waals surface area contributed by atoms with Crippen molar-refractivity contribution in [2.75, 3.05) is 20.1 Å². The highest BCUT2D eigenvalue weighted by Gasteiger charge is 2.18. The number of likely N-dealkylation sites (N-methyl/N-ethyl adjacent to an activating group) is 1. The highest BCUT2D eigenvalue weighted by molar-refractivity contribution is 5.89. The summed E-state index contributed by atoms with van der Waals surface area (Å²) in [7, 11) is 2.05. The molecule has 40 heavy (non-hydrogen) atoms. The molecule has 2 aromatic carbocycles. The molecule has 0 saturated heterocycles. The van der Waals surface area contributed by atoms with E-state index in [0.29, 0.717) is 0 Å². The Morgan fingerprint density at radius 2 is 1.25 bits per heavy atom. The fraction of sp³-hybridized carbons (Fsp3) is 0.556. The first-order valence-corrected chi connectivity index (χ1v) is 16.3. The van der Waals surface area contributed by atoms with Gasteiger partial charge in [0.25, 0.3) is 0 Å². The lowest BCUT2D eigenvalue weighted by molar-refractivity contribution is 0.698. The second-order valence-electron chi connectivity index (χ2n) is 12.0. The number of fused-ring (bicyclic) bond motifs is 6. The third-order valence-corrected chi connectivity index (χ3v) is 9.27. The molecule has 0 fully saturated rings. The van der Waals surface area contributed by atoms with Crippen LogP contribution >= 0.6 is 0 Å². The van der Waals surface area contributed by atoms with Crippen molar-refractivity contribution < 1.29 is 0 Å². The maximum absolute atomic E-state index is 5.80. The summed E-state index contributed by atoms with van der Waals surface area (Å²) in [5.41, 5.74) is 18.1. The fourth-order valence-corrected chi connectivity index (χ4v) is 7.31. The topological polar surface area (TPSA) is 47.9 Å². The fourth-order valence-electron chi connectivity index (χ4n) is 7.31. The zero-order valence-electron chi connectivity index (χ0n) is 25.5. The number of rotatable bonds is 8. The van der Waals surface area contributed by atoms with Gasteiger partial charge in [-0.15, -0.1) is 0 Å².